The Labute approximate surface area is 83.2 Å². The number of hydrogen-bond acceptors (Lipinski definition) is 2. The molecule has 74 valence electrons. The van der Waals surface area contributed by atoms with E-state index in [0.717, 1.165) is 0 Å². The number of rotatable bonds is 2. The van der Waals surface area contributed by atoms with Gasteiger partial charge >= 0.3 is 5.97 Å². The minimum absolute atomic E-state index is 0.324. The summed E-state index contributed by atoms with van der Waals surface area (Å²) >= 11 is 0. The van der Waals surface area contributed by atoms with Crippen molar-refractivity contribution >= 4 is 12.0 Å². The summed E-state index contributed by atoms with van der Waals surface area (Å²) in [7, 11) is 0. The number of nitrogens with two attached hydrogens (primary N) is 1. The van der Waals surface area contributed by atoms with Crippen molar-refractivity contribution in [2.24, 2.45) is 5.73 Å². The molecule has 0 aliphatic heterocycles. The van der Waals surface area contributed by atoms with Gasteiger partial charge in [-0.05, 0) is 5.56 Å². The minimum Gasteiger partial charge on any atom is -0.477 e. The minimum atomic E-state index is -1.16. The fourth-order valence-corrected chi connectivity index (χ4v) is 0.589. The van der Waals surface area contributed by atoms with Crippen LogP contribution in [0.1, 0.15) is 5.56 Å². The Morgan fingerprint density at radius 3 is 2.00 bits per heavy atom. The first-order valence-electron chi connectivity index (χ1n) is 3.93. The van der Waals surface area contributed by atoms with E-state index in [1.54, 1.807) is 0 Å². The second kappa shape index (κ2) is 6.48. The SMILES string of the molecule is C=C(N)C(=O)O.C=Cc1ccccc1. The summed E-state index contributed by atoms with van der Waals surface area (Å²) in [6.07, 6.45) is 1.83. The van der Waals surface area contributed by atoms with Gasteiger partial charge in [-0.25, -0.2) is 4.79 Å². The molecule has 0 aromatic heterocycles. The molecule has 0 aliphatic carbocycles. The lowest BCUT2D eigenvalue weighted by molar-refractivity contribution is -0.132. The molecular weight excluding hydrogens is 178 g/mol. The molecule has 0 fully saturated rings. The molecule has 0 radical (unpaired) electrons. The van der Waals surface area contributed by atoms with Gasteiger partial charge in [0.25, 0.3) is 0 Å². The molecule has 0 atom stereocenters. The van der Waals surface area contributed by atoms with Gasteiger partial charge in [0.05, 0.1) is 0 Å². The third kappa shape index (κ3) is 5.60. The number of aliphatic carboxylic acids is 1. The summed E-state index contributed by atoms with van der Waals surface area (Å²) in [6.45, 7) is 6.56. The van der Waals surface area contributed by atoms with Crippen LogP contribution in [0.15, 0.2) is 49.2 Å². The molecule has 3 heteroatoms. The highest BCUT2D eigenvalue weighted by atomic mass is 16.4. The van der Waals surface area contributed by atoms with E-state index in [1.807, 2.05) is 36.4 Å². The van der Waals surface area contributed by atoms with E-state index in [1.165, 1.54) is 5.56 Å². The highest BCUT2D eigenvalue weighted by Gasteiger charge is 1.91. The lowest BCUT2D eigenvalue weighted by Crippen LogP contribution is -2.06. The van der Waals surface area contributed by atoms with Crippen LogP contribution < -0.4 is 5.73 Å². The van der Waals surface area contributed by atoms with Crippen molar-refractivity contribution in [3.8, 4) is 0 Å². The van der Waals surface area contributed by atoms with Crippen LogP contribution in [0.25, 0.3) is 6.08 Å². The Kier molecular flexibility index (Phi) is 5.54. The molecule has 0 saturated heterocycles. The van der Waals surface area contributed by atoms with Crippen molar-refractivity contribution in [3.63, 3.8) is 0 Å². The zero-order valence-corrected chi connectivity index (χ0v) is 7.81. The third-order valence-corrected chi connectivity index (χ3v) is 1.31. The number of benzene rings is 1. The monoisotopic (exact) mass is 191 g/mol. The van der Waals surface area contributed by atoms with Crippen LogP contribution >= 0.6 is 0 Å². The van der Waals surface area contributed by atoms with Crippen LogP contribution in [0, 0.1) is 0 Å². The van der Waals surface area contributed by atoms with Gasteiger partial charge in [-0.2, -0.15) is 0 Å². The smallest absolute Gasteiger partial charge is 0.351 e. The summed E-state index contributed by atoms with van der Waals surface area (Å²) in [6, 6.07) is 10.0. The van der Waals surface area contributed by atoms with Crippen LogP contribution in [0.5, 0.6) is 0 Å². The lowest BCUT2D eigenvalue weighted by atomic mass is 10.2. The van der Waals surface area contributed by atoms with E-state index in [-0.39, 0.29) is 5.70 Å². The number of carbonyl (C=O) groups is 1. The molecule has 0 aliphatic rings. The summed E-state index contributed by atoms with van der Waals surface area (Å²) in [5.41, 5.74) is 5.49. The maximum atomic E-state index is 9.47. The largest absolute Gasteiger partial charge is 0.477 e. The van der Waals surface area contributed by atoms with Gasteiger partial charge in [-0.1, -0.05) is 49.6 Å². The number of hydrogen-bond donors (Lipinski definition) is 2. The normalized spacial score (nSPS) is 8.00. The van der Waals surface area contributed by atoms with Crippen molar-refractivity contribution in [3.05, 3.63) is 54.8 Å². The fraction of sp³-hybridized carbons (Fsp3) is 0. The Hall–Kier alpha value is -2.03. The average molecular weight is 191 g/mol. The van der Waals surface area contributed by atoms with Crippen LogP contribution in [0.3, 0.4) is 0 Å². The van der Waals surface area contributed by atoms with Crippen LogP contribution in [-0.4, -0.2) is 11.1 Å². The van der Waals surface area contributed by atoms with Crippen molar-refractivity contribution in [1.29, 1.82) is 0 Å². The first-order chi connectivity index (χ1) is 6.57. The summed E-state index contributed by atoms with van der Waals surface area (Å²) in [5, 5.41) is 7.77. The van der Waals surface area contributed by atoms with Crippen molar-refractivity contribution in [2.45, 2.75) is 0 Å². The maximum absolute atomic E-state index is 9.47. The van der Waals surface area contributed by atoms with Gasteiger partial charge in [0.2, 0.25) is 0 Å². The number of carboxylic acid groups (broad SMARTS) is 1. The van der Waals surface area contributed by atoms with E-state index in [4.69, 9.17) is 5.11 Å². The highest BCUT2D eigenvalue weighted by Crippen LogP contribution is 1.97. The summed E-state index contributed by atoms with van der Waals surface area (Å²) in [4.78, 5) is 9.47. The van der Waals surface area contributed by atoms with E-state index in [9.17, 15) is 4.79 Å². The fourth-order valence-electron chi connectivity index (χ4n) is 0.589. The van der Waals surface area contributed by atoms with Crippen molar-refractivity contribution in [2.75, 3.05) is 0 Å². The molecule has 0 bridgehead atoms. The predicted octanol–water partition coefficient (Wildman–Crippen LogP) is 1.87. The van der Waals surface area contributed by atoms with Gasteiger partial charge in [0.1, 0.15) is 5.70 Å². The molecule has 3 N–H and O–H groups in total. The quantitative estimate of drug-likeness (QED) is 0.701. The topological polar surface area (TPSA) is 63.3 Å². The van der Waals surface area contributed by atoms with Gasteiger partial charge in [0.15, 0.2) is 0 Å². The molecule has 1 aromatic rings. The third-order valence-electron chi connectivity index (χ3n) is 1.31. The van der Waals surface area contributed by atoms with E-state index >= 15 is 0 Å². The molecule has 0 unspecified atom stereocenters. The van der Waals surface area contributed by atoms with E-state index in [2.05, 4.69) is 18.9 Å². The zero-order chi connectivity index (χ0) is 11.0. The Bertz CT molecular complexity index is 305. The predicted molar refractivity (Wildman–Crippen MR) is 57.5 cm³/mol. The zero-order valence-electron chi connectivity index (χ0n) is 7.81. The second-order valence-corrected chi connectivity index (χ2v) is 2.45. The van der Waals surface area contributed by atoms with Gasteiger partial charge in [0, 0.05) is 0 Å². The van der Waals surface area contributed by atoms with E-state index in [0.29, 0.717) is 0 Å². The summed E-state index contributed by atoms with van der Waals surface area (Å²) in [5.74, 6) is -1.16. The molecule has 0 saturated carbocycles. The molecule has 14 heavy (non-hydrogen) atoms. The van der Waals surface area contributed by atoms with Crippen LogP contribution in [-0.2, 0) is 4.79 Å². The van der Waals surface area contributed by atoms with Gasteiger partial charge in [-0.15, -0.1) is 0 Å². The number of carboxylic acids is 1. The van der Waals surface area contributed by atoms with Crippen LogP contribution in [0.4, 0.5) is 0 Å². The first-order valence-corrected chi connectivity index (χ1v) is 3.93. The standard InChI is InChI=1S/C8H8.C3H5NO2/c1-2-8-6-4-3-5-7-8;1-2(4)3(5)6/h2-7H,1H2;1,4H2,(H,5,6). The molecule has 0 heterocycles. The first kappa shape index (κ1) is 12.0. The average Bonchev–Trinajstić information content (AvgIpc) is 2.20. The molecule has 0 amide bonds. The Balaban J connectivity index is 0.000000255. The molecule has 3 nitrogen and oxygen atoms in total. The summed E-state index contributed by atoms with van der Waals surface area (Å²) < 4.78 is 0. The second-order valence-electron chi connectivity index (χ2n) is 2.45. The van der Waals surface area contributed by atoms with Crippen molar-refractivity contribution in [1.82, 2.24) is 0 Å². The maximum Gasteiger partial charge on any atom is 0.351 e. The molecule has 0 spiro atoms. The van der Waals surface area contributed by atoms with E-state index < -0.39 is 5.97 Å². The lowest BCUT2D eigenvalue weighted by Gasteiger charge is -1.85. The Morgan fingerprint density at radius 2 is 1.79 bits per heavy atom. The molecule has 1 aromatic carbocycles. The highest BCUT2D eigenvalue weighted by molar-refractivity contribution is 5.84. The van der Waals surface area contributed by atoms with Gasteiger partial charge < -0.3 is 10.8 Å². The van der Waals surface area contributed by atoms with Crippen molar-refractivity contribution < 1.29 is 9.90 Å². The van der Waals surface area contributed by atoms with Gasteiger partial charge in [-0.3, -0.25) is 0 Å². The molecule has 1 rings (SSSR count). The Morgan fingerprint density at radius 1 is 1.36 bits per heavy atom. The molecular formula is C11H13NO2. The van der Waals surface area contributed by atoms with Crippen LogP contribution in [0.2, 0.25) is 0 Å².